The number of rotatable bonds is 5. The van der Waals surface area contributed by atoms with E-state index in [0.717, 1.165) is 22.5 Å². The average Bonchev–Trinajstić information content (AvgIpc) is 3.35. The van der Waals surface area contributed by atoms with E-state index in [4.69, 9.17) is 11.6 Å². The molecule has 0 N–H and O–H groups in total. The van der Waals surface area contributed by atoms with Gasteiger partial charge in [-0.15, -0.1) is 23.1 Å². The largest absolute Gasteiger partial charge is 0.296 e. The Balaban J connectivity index is 1.81. The van der Waals surface area contributed by atoms with Gasteiger partial charge in [0.1, 0.15) is 5.69 Å². The SMILES string of the molecule is CSc1cccc(-c2ccc(-c3cc(C=O)nn3-c3ccccc3Cl)s2)c1. The van der Waals surface area contributed by atoms with Crippen molar-refractivity contribution in [2.45, 2.75) is 4.90 Å². The Labute approximate surface area is 170 Å². The van der Waals surface area contributed by atoms with Crippen molar-refractivity contribution in [1.82, 2.24) is 9.78 Å². The summed E-state index contributed by atoms with van der Waals surface area (Å²) in [5, 5.41) is 5.00. The topological polar surface area (TPSA) is 34.9 Å². The highest BCUT2D eigenvalue weighted by atomic mass is 35.5. The van der Waals surface area contributed by atoms with E-state index in [9.17, 15) is 4.79 Å². The molecule has 2 aromatic heterocycles. The highest BCUT2D eigenvalue weighted by Gasteiger charge is 2.15. The minimum atomic E-state index is 0.379. The molecule has 0 aliphatic rings. The number of benzene rings is 2. The molecule has 6 heteroatoms. The van der Waals surface area contributed by atoms with Crippen molar-refractivity contribution < 1.29 is 4.79 Å². The van der Waals surface area contributed by atoms with E-state index in [1.807, 2.05) is 24.3 Å². The highest BCUT2D eigenvalue weighted by Crippen LogP contribution is 2.37. The van der Waals surface area contributed by atoms with E-state index in [1.54, 1.807) is 33.8 Å². The summed E-state index contributed by atoms with van der Waals surface area (Å²) in [6.45, 7) is 0. The lowest BCUT2D eigenvalue weighted by atomic mass is 10.2. The molecule has 0 spiro atoms. The van der Waals surface area contributed by atoms with Crippen LogP contribution in [-0.2, 0) is 0 Å². The van der Waals surface area contributed by atoms with Gasteiger partial charge in [-0.25, -0.2) is 4.68 Å². The molecule has 2 heterocycles. The minimum Gasteiger partial charge on any atom is -0.296 e. The normalized spacial score (nSPS) is 10.9. The fourth-order valence-corrected chi connectivity index (χ4v) is 4.53. The first kappa shape index (κ1) is 18.0. The Morgan fingerprint density at radius 2 is 1.85 bits per heavy atom. The zero-order valence-electron chi connectivity index (χ0n) is 14.4. The lowest BCUT2D eigenvalue weighted by Crippen LogP contribution is -1.99. The number of para-hydroxylation sites is 1. The van der Waals surface area contributed by atoms with Crippen molar-refractivity contribution >= 4 is 41.0 Å². The van der Waals surface area contributed by atoms with Gasteiger partial charge in [0.2, 0.25) is 0 Å². The number of thioether (sulfide) groups is 1. The molecule has 134 valence electrons. The summed E-state index contributed by atoms with van der Waals surface area (Å²) in [5.41, 5.74) is 3.16. The summed E-state index contributed by atoms with van der Waals surface area (Å²) in [7, 11) is 0. The molecular formula is C21H15ClN2OS2. The Morgan fingerprint density at radius 1 is 1.04 bits per heavy atom. The zero-order valence-corrected chi connectivity index (χ0v) is 16.8. The second-order valence-corrected chi connectivity index (χ2v) is 8.20. The predicted molar refractivity (Wildman–Crippen MR) is 114 cm³/mol. The second kappa shape index (κ2) is 7.72. The monoisotopic (exact) mass is 410 g/mol. The second-order valence-electron chi connectivity index (χ2n) is 5.83. The van der Waals surface area contributed by atoms with Gasteiger partial charge >= 0.3 is 0 Å². The molecule has 27 heavy (non-hydrogen) atoms. The number of thiophene rings is 1. The highest BCUT2D eigenvalue weighted by molar-refractivity contribution is 7.98. The van der Waals surface area contributed by atoms with Crippen LogP contribution in [0.25, 0.3) is 26.7 Å². The molecule has 0 fully saturated rings. The van der Waals surface area contributed by atoms with Crippen molar-refractivity contribution in [2.75, 3.05) is 6.26 Å². The molecule has 0 aliphatic carbocycles. The van der Waals surface area contributed by atoms with Crippen molar-refractivity contribution in [3.8, 4) is 26.7 Å². The van der Waals surface area contributed by atoms with Crippen molar-refractivity contribution in [3.05, 3.63) is 77.4 Å². The minimum absolute atomic E-state index is 0.379. The fourth-order valence-electron chi connectivity index (χ4n) is 2.85. The van der Waals surface area contributed by atoms with Gasteiger partial charge in [-0.05, 0) is 54.3 Å². The molecular weight excluding hydrogens is 396 g/mol. The van der Waals surface area contributed by atoms with E-state index in [-0.39, 0.29) is 0 Å². The van der Waals surface area contributed by atoms with E-state index in [0.29, 0.717) is 10.7 Å². The lowest BCUT2D eigenvalue weighted by Gasteiger charge is -2.07. The van der Waals surface area contributed by atoms with Crippen LogP contribution in [0, 0.1) is 0 Å². The molecule has 0 amide bonds. The van der Waals surface area contributed by atoms with E-state index < -0.39 is 0 Å². The van der Waals surface area contributed by atoms with Gasteiger partial charge in [0, 0.05) is 9.77 Å². The van der Waals surface area contributed by atoms with Gasteiger partial charge in [0.25, 0.3) is 0 Å². The maximum atomic E-state index is 11.3. The Hall–Kier alpha value is -2.34. The first-order valence-electron chi connectivity index (χ1n) is 8.24. The smallest absolute Gasteiger partial charge is 0.170 e. The molecule has 0 saturated carbocycles. The van der Waals surface area contributed by atoms with Gasteiger partial charge in [0.05, 0.1) is 21.3 Å². The number of aromatic nitrogens is 2. The number of nitrogens with zero attached hydrogens (tertiary/aromatic N) is 2. The first-order valence-corrected chi connectivity index (χ1v) is 10.7. The van der Waals surface area contributed by atoms with Crippen LogP contribution >= 0.6 is 34.7 Å². The number of carbonyl (C=O) groups is 1. The standard InChI is InChI=1S/C21H15ClN2OS2/c1-26-16-6-4-5-14(11-16)20-9-10-21(27-20)19-12-15(13-25)23-24(19)18-8-3-2-7-17(18)22/h2-13H,1H3. The van der Waals surface area contributed by atoms with Gasteiger partial charge < -0.3 is 0 Å². The van der Waals surface area contributed by atoms with Crippen molar-refractivity contribution in [3.63, 3.8) is 0 Å². The summed E-state index contributed by atoms with van der Waals surface area (Å²) >= 11 is 9.75. The van der Waals surface area contributed by atoms with E-state index in [2.05, 4.69) is 47.8 Å². The van der Waals surface area contributed by atoms with Gasteiger partial charge in [-0.3, -0.25) is 4.79 Å². The van der Waals surface area contributed by atoms with Gasteiger partial charge in [0.15, 0.2) is 6.29 Å². The summed E-state index contributed by atoms with van der Waals surface area (Å²) in [6.07, 6.45) is 2.83. The maximum Gasteiger partial charge on any atom is 0.170 e. The summed E-state index contributed by atoms with van der Waals surface area (Å²) < 4.78 is 1.74. The summed E-state index contributed by atoms with van der Waals surface area (Å²) in [6, 6.07) is 21.9. The number of hydrogen-bond donors (Lipinski definition) is 0. The molecule has 0 saturated heterocycles. The third kappa shape index (κ3) is 3.58. The van der Waals surface area contributed by atoms with Crippen LogP contribution in [0.1, 0.15) is 10.5 Å². The van der Waals surface area contributed by atoms with Crippen LogP contribution in [0.3, 0.4) is 0 Å². The lowest BCUT2D eigenvalue weighted by molar-refractivity contribution is 0.111. The van der Waals surface area contributed by atoms with Crippen molar-refractivity contribution in [1.29, 1.82) is 0 Å². The van der Waals surface area contributed by atoms with Crippen LogP contribution in [-0.4, -0.2) is 22.3 Å². The zero-order chi connectivity index (χ0) is 18.8. The fraction of sp³-hybridized carbons (Fsp3) is 0.0476. The Bertz CT molecular complexity index is 1120. The Kier molecular flexibility index (Phi) is 5.16. The summed E-state index contributed by atoms with van der Waals surface area (Å²) in [5.74, 6) is 0. The molecule has 0 bridgehead atoms. The first-order chi connectivity index (χ1) is 13.2. The van der Waals surface area contributed by atoms with Crippen LogP contribution in [0.5, 0.6) is 0 Å². The maximum absolute atomic E-state index is 11.3. The quantitative estimate of drug-likeness (QED) is 0.280. The molecule has 4 aromatic rings. The number of carbonyl (C=O) groups excluding carboxylic acids is 1. The third-order valence-corrected chi connectivity index (χ3v) is 6.34. The number of aldehydes is 1. The van der Waals surface area contributed by atoms with Gasteiger partial charge in [-0.1, -0.05) is 35.9 Å². The van der Waals surface area contributed by atoms with E-state index >= 15 is 0 Å². The van der Waals surface area contributed by atoms with Crippen LogP contribution in [0.2, 0.25) is 5.02 Å². The van der Waals surface area contributed by atoms with Crippen LogP contribution in [0.4, 0.5) is 0 Å². The Morgan fingerprint density at radius 3 is 2.63 bits per heavy atom. The van der Waals surface area contributed by atoms with Crippen LogP contribution < -0.4 is 0 Å². The number of hydrogen-bond acceptors (Lipinski definition) is 4. The van der Waals surface area contributed by atoms with Crippen molar-refractivity contribution in [2.24, 2.45) is 0 Å². The molecule has 2 aromatic carbocycles. The average molecular weight is 411 g/mol. The molecule has 0 aliphatic heterocycles. The predicted octanol–water partition coefficient (Wildman–Crippen LogP) is 6.46. The summed E-state index contributed by atoms with van der Waals surface area (Å²) in [4.78, 5) is 14.7. The van der Waals surface area contributed by atoms with Gasteiger partial charge in [-0.2, -0.15) is 5.10 Å². The van der Waals surface area contributed by atoms with Crippen LogP contribution in [0.15, 0.2) is 71.6 Å². The molecule has 3 nitrogen and oxygen atoms in total. The molecule has 0 atom stereocenters. The third-order valence-electron chi connectivity index (χ3n) is 4.14. The molecule has 0 radical (unpaired) electrons. The number of halogens is 1. The van der Waals surface area contributed by atoms with E-state index in [1.165, 1.54) is 15.3 Å². The molecule has 0 unspecified atom stereocenters. The molecule has 4 rings (SSSR count).